The molecule has 1 amide bonds. The highest BCUT2D eigenvalue weighted by molar-refractivity contribution is 7.89. The van der Waals surface area contributed by atoms with Gasteiger partial charge in [-0.3, -0.25) is 4.79 Å². The lowest BCUT2D eigenvalue weighted by atomic mass is 9.97. The Morgan fingerprint density at radius 1 is 1.08 bits per heavy atom. The average molecular weight is 342 g/mol. The molecule has 4 rings (SSSR count). The average Bonchev–Trinajstić information content (AvgIpc) is 2.93. The van der Waals surface area contributed by atoms with Crippen molar-refractivity contribution >= 4 is 21.6 Å². The summed E-state index contributed by atoms with van der Waals surface area (Å²) in [6.45, 7) is 2.32. The fourth-order valence-corrected chi connectivity index (χ4v) is 5.14. The summed E-state index contributed by atoms with van der Waals surface area (Å²) in [5.41, 5.74) is 3.71. The summed E-state index contributed by atoms with van der Waals surface area (Å²) in [7, 11) is -3.60. The Labute approximate surface area is 141 Å². The maximum atomic E-state index is 13.1. The predicted octanol–water partition coefficient (Wildman–Crippen LogP) is 2.32. The molecule has 0 fully saturated rings. The quantitative estimate of drug-likeness (QED) is 0.911. The van der Waals surface area contributed by atoms with E-state index in [1.54, 1.807) is 22.5 Å². The molecule has 2 aliphatic rings. The van der Waals surface area contributed by atoms with Crippen LogP contribution in [-0.2, 0) is 34.2 Å². The van der Waals surface area contributed by atoms with Crippen molar-refractivity contribution in [2.75, 3.05) is 5.32 Å². The van der Waals surface area contributed by atoms with Crippen molar-refractivity contribution in [3.05, 3.63) is 59.2 Å². The van der Waals surface area contributed by atoms with Crippen LogP contribution in [0.4, 0.5) is 5.69 Å². The van der Waals surface area contributed by atoms with Gasteiger partial charge in [-0.05, 0) is 48.2 Å². The normalized spacial score (nSPS) is 20.4. The van der Waals surface area contributed by atoms with E-state index in [4.69, 9.17) is 0 Å². The van der Waals surface area contributed by atoms with Gasteiger partial charge in [0, 0.05) is 18.3 Å². The minimum atomic E-state index is -3.60. The van der Waals surface area contributed by atoms with Gasteiger partial charge in [-0.15, -0.1) is 0 Å². The smallest absolute Gasteiger partial charge is 0.243 e. The molecule has 124 valence electrons. The summed E-state index contributed by atoms with van der Waals surface area (Å²) in [6.07, 6.45) is 0.942. The number of anilines is 1. The second-order valence-corrected chi connectivity index (χ2v) is 8.31. The Kier molecular flexibility index (Phi) is 3.47. The van der Waals surface area contributed by atoms with Gasteiger partial charge in [-0.1, -0.05) is 24.3 Å². The summed E-state index contributed by atoms with van der Waals surface area (Å²) in [4.78, 5) is 11.7. The molecule has 1 unspecified atom stereocenters. The van der Waals surface area contributed by atoms with Crippen LogP contribution in [0, 0.1) is 0 Å². The lowest BCUT2D eigenvalue weighted by Crippen LogP contribution is -2.42. The van der Waals surface area contributed by atoms with Crippen molar-refractivity contribution in [3.63, 3.8) is 0 Å². The molecule has 6 heteroatoms. The molecule has 0 aliphatic carbocycles. The Bertz CT molecular complexity index is 937. The molecule has 0 bridgehead atoms. The fraction of sp³-hybridized carbons (Fsp3) is 0.278. The standard InChI is InChI=1S/C18H18N2O3S/c1-12-8-13-4-2-3-5-14(13)11-20(12)24(22,23)16-6-7-17-15(9-16)10-18(21)19-17/h2-7,9,12H,8,10-11H2,1H3,(H,19,21). The zero-order chi connectivity index (χ0) is 16.9. The summed E-state index contributed by atoms with van der Waals surface area (Å²) in [5, 5.41) is 2.73. The van der Waals surface area contributed by atoms with E-state index in [0.29, 0.717) is 18.7 Å². The SMILES string of the molecule is CC1Cc2ccccc2CN1S(=O)(=O)c1ccc2c(c1)CC(=O)N2. The minimum absolute atomic E-state index is 0.0974. The van der Waals surface area contributed by atoms with E-state index >= 15 is 0 Å². The van der Waals surface area contributed by atoms with Gasteiger partial charge >= 0.3 is 0 Å². The molecule has 2 aromatic rings. The molecule has 1 atom stereocenters. The van der Waals surface area contributed by atoms with E-state index in [1.807, 2.05) is 25.1 Å². The van der Waals surface area contributed by atoms with Gasteiger partial charge in [0.25, 0.3) is 0 Å². The highest BCUT2D eigenvalue weighted by Crippen LogP contribution is 2.31. The van der Waals surface area contributed by atoms with Gasteiger partial charge in [0.1, 0.15) is 0 Å². The number of sulfonamides is 1. The van der Waals surface area contributed by atoms with Gasteiger partial charge in [-0.25, -0.2) is 8.42 Å². The monoisotopic (exact) mass is 342 g/mol. The molecule has 0 spiro atoms. The topological polar surface area (TPSA) is 66.5 Å². The third-order valence-corrected chi connectivity index (χ3v) is 6.72. The number of hydrogen-bond acceptors (Lipinski definition) is 3. The van der Waals surface area contributed by atoms with Crippen LogP contribution in [0.25, 0.3) is 0 Å². The summed E-state index contributed by atoms with van der Waals surface area (Å²) >= 11 is 0. The molecule has 24 heavy (non-hydrogen) atoms. The third-order valence-electron chi connectivity index (χ3n) is 4.76. The van der Waals surface area contributed by atoms with Gasteiger partial charge in [0.15, 0.2) is 0 Å². The Balaban J connectivity index is 1.71. The van der Waals surface area contributed by atoms with E-state index < -0.39 is 10.0 Å². The molecule has 2 aromatic carbocycles. The van der Waals surface area contributed by atoms with Crippen LogP contribution in [0.2, 0.25) is 0 Å². The molecule has 0 saturated heterocycles. The number of benzene rings is 2. The van der Waals surface area contributed by atoms with Gasteiger partial charge in [-0.2, -0.15) is 4.31 Å². The van der Waals surface area contributed by atoms with Crippen molar-refractivity contribution < 1.29 is 13.2 Å². The lowest BCUT2D eigenvalue weighted by Gasteiger charge is -2.34. The van der Waals surface area contributed by atoms with E-state index in [2.05, 4.69) is 11.4 Å². The first-order valence-corrected chi connectivity index (χ1v) is 9.40. The van der Waals surface area contributed by atoms with Crippen molar-refractivity contribution in [1.82, 2.24) is 4.31 Å². The highest BCUT2D eigenvalue weighted by Gasteiger charge is 2.34. The molecule has 0 radical (unpaired) electrons. The summed E-state index contributed by atoms with van der Waals surface area (Å²) in [6, 6.07) is 12.7. The maximum Gasteiger partial charge on any atom is 0.243 e. The van der Waals surface area contributed by atoms with Crippen LogP contribution in [0.15, 0.2) is 47.4 Å². The van der Waals surface area contributed by atoms with Crippen LogP contribution in [0.5, 0.6) is 0 Å². The number of hydrogen-bond donors (Lipinski definition) is 1. The molecule has 2 aliphatic heterocycles. The molecule has 0 saturated carbocycles. The number of nitrogens with one attached hydrogen (secondary N) is 1. The first kappa shape index (κ1) is 15.4. The van der Waals surface area contributed by atoms with Crippen molar-refractivity contribution in [1.29, 1.82) is 0 Å². The molecule has 5 nitrogen and oxygen atoms in total. The van der Waals surface area contributed by atoms with E-state index in [-0.39, 0.29) is 23.3 Å². The fourth-order valence-electron chi connectivity index (χ4n) is 3.48. The van der Waals surface area contributed by atoms with Crippen molar-refractivity contribution in [3.8, 4) is 0 Å². The Hall–Kier alpha value is -2.18. The zero-order valence-corrected chi connectivity index (χ0v) is 14.1. The number of carbonyl (C=O) groups is 1. The van der Waals surface area contributed by atoms with Crippen LogP contribution in [0.1, 0.15) is 23.6 Å². The third kappa shape index (κ3) is 2.42. The number of amides is 1. The van der Waals surface area contributed by atoms with Crippen LogP contribution in [-0.4, -0.2) is 24.7 Å². The zero-order valence-electron chi connectivity index (χ0n) is 13.3. The van der Waals surface area contributed by atoms with E-state index in [0.717, 1.165) is 11.1 Å². The number of nitrogens with zero attached hydrogens (tertiary/aromatic N) is 1. The van der Waals surface area contributed by atoms with Gasteiger partial charge in [0.2, 0.25) is 15.9 Å². The lowest BCUT2D eigenvalue weighted by molar-refractivity contribution is -0.115. The first-order chi connectivity index (χ1) is 11.4. The molecule has 2 heterocycles. The maximum absolute atomic E-state index is 13.1. The minimum Gasteiger partial charge on any atom is -0.326 e. The van der Waals surface area contributed by atoms with Crippen LogP contribution < -0.4 is 5.32 Å². The number of fused-ring (bicyclic) bond motifs is 2. The number of carbonyl (C=O) groups excluding carboxylic acids is 1. The van der Waals surface area contributed by atoms with Crippen LogP contribution >= 0.6 is 0 Å². The van der Waals surface area contributed by atoms with Gasteiger partial charge < -0.3 is 5.32 Å². The number of rotatable bonds is 2. The second-order valence-electron chi connectivity index (χ2n) is 6.42. The Morgan fingerprint density at radius 2 is 1.83 bits per heavy atom. The van der Waals surface area contributed by atoms with E-state index in [9.17, 15) is 13.2 Å². The first-order valence-electron chi connectivity index (χ1n) is 7.96. The molecule has 0 aromatic heterocycles. The highest BCUT2D eigenvalue weighted by atomic mass is 32.2. The molecular weight excluding hydrogens is 324 g/mol. The Morgan fingerprint density at radius 3 is 2.62 bits per heavy atom. The summed E-state index contributed by atoms with van der Waals surface area (Å²) < 4.78 is 27.8. The molecule has 1 N–H and O–H groups in total. The van der Waals surface area contributed by atoms with Crippen LogP contribution in [0.3, 0.4) is 0 Å². The van der Waals surface area contributed by atoms with E-state index in [1.165, 1.54) is 5.56 Å². The van der Waals surface area contributed by atoms with Crippen molar-refractivity contribution in [2.45, 2.75) is 37.2 Å². The second kappa shape index (κ2) is 5.43. The summed E-state index contributed by atoms with van der Waals surface area (Å²) in [5.74, 6) is -0.0974. The predicted molar refractivity (Wildman–Crippen MR) is 91.1 cm³/mol. The van der Waals surface area contributed by atoms with Gasteiger partial charge in [0.05, 0.1) is 11.3 Å². The molecular formula is C18H18N2O3S. The largest absolute Gasteiger partial charge is 0.326 e. The van der Waals surface area contributed by atoms with Crippen molar-refractivity contribution in [2.24, 2.45) is 0 Å².